The quantitative estimate of drug-likeness (QED) is 0.233. The second-order valence-electron chi connectivity index (χ2n) is 7.15. The summed E-state index contributed by atoms with van der Waals surface area (Å²) in [5.74, 6) is -0.425. The van der Waals surface area contributed by atoms with Gasteiger partial charge in [-0.05, 0) is 23.8 Å². The van der Waals surface area contributed by atoms with E-state index in [4.69, 9.17) is 4.74 Å². The van der Waals surface area contributed by atoms with Crippen LogP contribution in [0, 0.1) is 0 Å². The SMILES string of the molecule is C=C(C)C(=O)OC(c1ccccc1)(c1ccccc1)c1ccc2ccccc2c1. The van der Waals surface area contributed by atoms with Gasteiger partial charge in [-0.2, -0.15) is 0 Å². The first-order chi connectivity index (χ1) is 14.1. The van der Waals surface area contributed by atoms with Crippen molar-refractivity contribution >= 4 is 16.7 Å². The molecule has 0 aliphatic rings. The first-order valence-electron chi connectivity index (χ1n) is 9.60. The number of carbonyl (C=O) groups is 1. The maximum atomic E-state index is 12.8. The number of ether oxygens (including phenoxy) is 1. The minimum atomic E-state index is -1.08. The Morgan fingerprint density at radius 3 is 1.76 bits per heavy atom. The zero-order chi connectivity index (χ0) is 20.3. The molecule has 4 aromatic carbocycles. The van der Waals surface area contributed by atoms with E-state index >= 15 is 0 Å². The molecule has 0 atom stereocenters. The van der Waals surface area contributed by atoms with E-state index in [9.17, 15) is 4.79 Å². The largest absolute Gasteiger partial charge is 0.441 e. The Bertz CT molecular complexity index is 1120. The molecule has 0 aliphatic carbocycles. The fraction of sp³-hybridized carbons (Fsp3) is 0.0741. The summed E-state index contributed by atoms with van der Waals surface area (Å²) >= 11 is 0. The molecular formula is C27H22O2. The lowest BCUT2D eigenvalue weighted by Crippen LogP contribution is -2.35. The van der Waals surface area contributed by atoms with Crippen molar-refractivity contribution in [2.75, 3.05) is 0 Å². The van der Waals surface area contributed by atoms with Crippen LogP contribution in [0.25, 0.3) is 10.8 Å². The highest BCUT2D eigenvalue weighted by molar-refractivity contribution is 5.88. The number of hydrogen-bond acceptors (Lipinski definition) is 2. The van der Waals surface area contributed by atoms with Crippen LogP contribution < -0.4 is 0 Å². The highest BCUT2D eigenvalue weighted by Gasteiger charge is 2.40. The first-order valence-corrected chi connectivity index (χ1v) is 9.60. The Balaban J connectivity index is 2.05. The van der Waals surface area contributed by atoms with Crippen molar-refractivity contribution in [3.63, 3.8) is 0 Å². The van der Waals surface area contributed by atoms with E-state index in [0.717, 1.165) is 27.5 Å². The van der Waals surface area contributed by atoms with Gasteiger partial charge in [0.05, 0.1) is 0 Å². The van der Waals surface area contributed by atoms with Gasteiger partial charge in [-0.15, -0.1) is 0 Å². The molecule has 0 amide bonds. The van der Waals surface area contributed by atoms with E-state index in [1.165, 1.54) is 0 Å². The van der Waals surface area contributed by atoms with Crippen LogP contribution in [0.15, 0.2) is 115 Å². The zero-order valence-corrected chi connectivity index (χ0v) is 16.3. The third-order valence-electron chi connectivity index (χ3n) is 5.11. The highest BCUT2D eigenvalue weighted by Crippen LogP contribution is 2.41. The summed E-state index contributed by atoms with van der Waals surface area (Å²) in [5, 5.41) is 2.23. The molecule has 0 saturated carbocycles. The molecule has 4 aromatic rings. The topological polar surface area (TPSA) is 26.3 Å². The average Bonchev–Trinajstić information content (AvgIpc) is 2.78. The smallest absolute Gasteiger partial charge is 0.334 e. The van der Waals surface area contributed by atoms with Crippen LogP contribution >= 0.6 is 0 Å². The number of carbonyl (C=O) groups excluding carboxylic acids is 1. The molecule has 2 nitrogen and oxygen atoms in total. The highest BCUT2D eigenvalue weighted by atomic mass is 16.6. The lowest BCUT2D eigenvalue weighted by Gasteiger charge is -2.35. The number of rotatable bonds is 5. The van der Waals surface area contributed by atoms with Gasteiger partial charge in [0.2, 0.25) is 0 Å². The molecule has 0 bridgehead atoms. The van der Waals surface area contributed by atoms with Crippen molar-refractivity contribution in [1.82, 2.24) is 0 Å². The predicted octanol–water partition coefficient (Wildman–Crippen LogP) is 6.25. The Labute approximate surface area is 171 Å². The van der Waals surface area contributed by atoms with Crippen molar-refractivity contribution in [2.24, 2.45) is 0 Å². The summed E-state index contributed by atoms with van der Waals surface area (Å²) in [4.78, 5) is 12.8. The molecular weight excluding hydrogens is 356 g/mol. The molecule has 0 saturated heterocycles. The van der Waals surface area contributed by atoms with Gasteiger partial charge in [-0.25, -0.2) is 4.79 Å². The van der Waals surface area contributed by atoms with Gasteiger partial charge in [0.25, 0.3) is 0 Å². The molecule has 2 heteroatoms. The van der Waals surface area contributed by atoms with Crippen molar-refractivity contribution in [2.45, 2.75) is 12.5 Å². The fourth-order valence-corrected chi connectivity index (χ4v) is 3.66. The van der Waals surface area contributed by atoms with Crippen LogP contribution in [0.2, 0.25) is 0 Å². The average molecular weight is 378 g/mol. The molecule has 0 aromatic heterocycles. The second-order valence-corrected chi connectivity index (χ2v) is 7.15. The zero-order valence-electron chi connectivity index (χ0n) is 16.3. The van der Waals surface area contributed by atoms with Gasteiger partial charge in [0, 0.05) is 22.3 Å². The number of esters is 1. The van der Waals surface area contributed by atoms with Crippen LogP contribution in [0.5, 0.6) is 0 Å². The van der Waals surface area contributed by atoms with Crippen molar-refractivity contribution in [3.05, 3.63) is 132 Å². The molecule has 0 aliphatic heterocycles. The van der Waals surface area contributed by atoms with Gasteiger partial charge in [-0.1, -0.05) is 104 Å². The van der Waals surface area contributed by atoms with E-state index in [0.29, 0.717) is 5.57 Å². The maximum Gasteiger partial charge on any atom is 0.334 e. The standard InChI is InChI=1S/C27H22O2/c1-20(2)26(28)29-27(23-13-5-3-6-14-23,24-15-7-4-8-16-24)25-18-17-21-11-9-10-12-22(21)19-25/h3-19H,1H2,2H3. The van der Waals surface area contributed by atoms with E-state index in [1.807, 2.05) is 78.9 Å². The van der Waals surface area contributed by atoms with Gasteiger partial charge in [0.15, 0.2) is 5.60 Å². The van der Waals surface area contributed by atoms with E-state index in [2.05, 4.69) is 30.8 Å². The van der Waals surface area contributed by atoms with Crippen molar-refractivity contribution < 1.29 is 9.53 Å². The Morgan fingerprint density at radius 2 is 1.21 bits per heavy atom. The summed E-state index contributed by atoms with van der Waals surface area (Å²) in [6, 6.07) is 34.1. The first kappa shape index (κ1) is 18.7. The summed E-state index contributed by atoms with van der Waals surface area (Å²) < 4.78 is 6.27. The van der Waals surface area contributed by atoms with E-state index < -0.39 is 11.6 Å². The Morgan fingerprint density at radius 1 is 0.690 bits per heavy atom. The molecule has 0 heterocycles. The molecule has 0 spiro atoms. The van der Waals surface area contributed by atoms with Gasteiger partial charge < -0.3 is 4.74 Å². The predicted molar refractivity (Wildman–Crippen MR) is 118 cm³/mol. The number of benzene rings is 4. The van der Waals surface area contributed by atoms with Crippen LogP contribution in [0.3, 0.4) is 0 Å². The summed E-state index contributed by atoms with van der Waals surface area (Å²) in [5.41, 5.74) is 1.94. The monoisotopic (exact) mass is 378 g/mol. The molecule has 0 unspecified atom stereocenters. The Hall–Kier alpha value is -3.65. The van der Waals surface area contributed by atoms with E-state index in [1.54, 1.807) is 6.92 Å². The molecule has 0 radical (unpaired) electrons. The van der Waals surface area contributed by atoms with Crippen LogP contribution in [0.4, 0.5) is 0 Å². The lowest BCUT2D eigenvalue weighted by atomic mass is 9.79. The Kier molecular flexibility index (Phi) is 5.01. The van der Waals surface area contributed by atoms with Crippen LogP contribution in [0.1, 0.15) is 23.6 Å². The van der Waals surface area contributed by atoms with E-state index in [-0.39, 0.29) is 0 Å². The van der Waals surface area contributed by atoms with Crippen molar-refractivity contribution in [1.29, 1.82) is 0 Å². The van der Waals surface area contributed by atoms with Crippen LogP contribution in [-0.2, 0) is 15.1 Å². The minimum absolute atomic E-state index is 0.363. The molecule has 4 rings (SSSR count). The molecule has 29 heavy (non-hydrogen) atoms. The molecule has 0 N–H and O–H groups in total. The number of hydrogen-bond donors (Lipinski definition) is 0. The molecule has 142 valence electrons. The van der Waals surface area contributed by atoms with Gasteiger partial charge >= 0.3 is 5.97 Å². The fourth-order valence-electron chi connectivity index (χ4n) is 3.66. The second kappa shape index (κ2) is 7.76. The summed E-state index contributed by atoms with van der Waals surface area (Å²) in [7, 11) is 0. The lowest BCUT2D eigenvalue weighted by molar-refractivity contribution is -0.148. The third kappa shape index (κ3) is 3.45. The van der Waals surface area contributed by atoms with Crippen molar-refractivity contribution in [3.8, 4) is 0 Å². The third-order valence-corrected chi connectivity index (χ3v) is 5.11. The molecule has 0 fully saturated rings. The normalized spacial score (nSPS) is 11.2. The summed E-state index contributed by atoms with van der Waals surface area (Å²) in [6.45, 7) is 5.47. The van der Waals surface area contributed by atoms with Gasteiger partial charge in [-0.3, -0.25) is 0 Å². The van der Waals surface area contributed by atoms with Gasteiger partial charge in [0.1, 0.15) is 0 Å². The van der Waals surface area contributed by atoms with Crippen LogP contribution in [-0.4, -0.2) is 5.97 Å². The minimum Gasteiger partial charge on any atom is -0.441 e. The maximum absolute atomic E-state index is 12.8. The summed E-state index contributed by atoms with van der Waals surface area (Å²) in [6.07, 6.45) is 0. The number of fused-ring (bicyclic) bond motifs is 1.